The maximum absolute atomic E-state index is 5.83. The third kappa shape index (κ3) is 5.07. The fourth-order valence-corrected chi connectivity index (χ4v) is 2.76. The molecular weight excluding hydrogens is 347 g/mol. The van der Waals surface area contributed by atoms with Crippen molar-refractivity contribution in [3.8, 4) is 22.8 Å². The van der Waals surface area contributed by atoms with Gasteiger partial charge >= 0.3 is 0 Å². The minimum absolute atomic E-state index is 0.0806. The van der Waals surface area contributed by atoms with Gasteiger partial charge in [-0.25, -0.2) is 15.0 Å². The molecule has 0 amide bonds. The van der Waals surface area contributed by atoms with Crippen LogP contribution in [0.5, 0.6) is 0 Å². The summed E-state index contributed by atoms with van der Waals surface area (Å²) in [6.45, 7) is 4.01. The van der Waals surface area contributed by atoms with E-state index in [-0.39, 0.29) is 5.92 Å². The molecular formula is C20H15B6N3. The Balaban J connectivity index is 2.16. The van der Waals surface area contributed by atoms with Gasteiger partial charge in [0.25, 0.3) is 0 Å². The van der Waals surface area contributed by atoms with Gasteiger partial charge in [0.05, 0.1) is 47.1 Å². The Bertz CT molecular complexity index is 949. The highest BCUT2D eigenvalue weighted by atomic mass is 15.0. The van der Waals surface area contributed by atoms with E-state index in [0.717, 1.165) is 11.1 Å². The highest BCUT2D eigenvalue weighted by molar-refractivity contribution is 6.59. The second-order valence-corrected chi connectivity index (χ2v) is 7.52. The smallest absolute Gasteiger partial charge is 0.163 e. The summed E-state index contributed by atoms with van der Waals surface area (Å²) >= 11 is 0. The van der Waals surface area contributed by atoms with Gasteiger partial charge < -0.3 is 0 Å². The van der Waals surface area contributed by atoms with Gasteiger partial charge in [-0.2, -0.15) is 0 Å². The Morgan fingerprint density at radius 1 is 0.655 bits per heavy atom. The Labute approximate surface area is 180 Å². The molecule has 0 saturated carbocycles. The molecule has 12 radical (unpaired) electrons. The summed E-state index contributed by atoms with van der Waals surface area (Å²) in [6.07, 6.45) is 0. The largest absolute Gasteiger partial charge is 0.213 e. The number of hydrogen-bond acceptors (Lipinski definition) is 3. The molecule has 0 fully saturated rings. The zero-order valence-corrected chi connectivity index (χ0v) is 16.5. The third-order valence-electron chi connectivity index (χ3n) is 4.41. The molecule has 0 bridgehead atoms. The number of nitrogens with zero attached hydrogens (tertiary/aromatic N) is 3. The van der Waals surface area contributed by atoms with Crippen molar-refractivity contribution in [3.05, 3.63) is 65.5 Å². The highest BCUT2D eigenvalue weighted by Crippen LogP contribution is 2.26. The summed E-state index contributed by atoms with van der Waals surface area (Å²) in [4.78, 5) is 13.8. The molecule has 0 unspecified atom stereocenters. The lowest BCUT2D eigenvalue weighted by atomic mass is 9.40. The van der Waals surface area contributed by atoms with E-state index in [4.69, 9.17) is 47.1 Å². The molecule has 128 valence electrons. The second kappa shape index (κ2) is 7.93. The van der Waals surface area contributed by atoms with E-state index in [1.54, 1.807) is 36.4 Å². The van der Waals surface area contributed by atoms with E-state index in [1.165, 1.54) is 0 Å². The SMILES string of the molecule is [B]C([B])([B])c1cccc(-c2nc(-c3cccc(C([B])([B])[B])c3)nc(C(C)C)n2)c1. The van der Waals surface area contributed by atoms with E-state index < -0.39 is 10.2 Å². The number of hydrogen-bond donors (Lipinski definition) is 0. The minimum atomic E-state index is -1.46. The van der Waals surface area contributed by atoms with Crippen molar-refractivity contribution in [1.29, 1.82) is 0 Å². The Morgan fingerprint density at radius 3 is 1.41 bits per heavy atom. The quantitative estimate of drug-likeness (QED) is 0.647. The monoisotopic (exact) mass is 363 g/mol. The highest BCUT2D eigenvalue weighted by Gasteiger charge is 2.18. The lowest BCUT2D eigenvalue weighted by Gasteiger charge is -2.21. The molecule has 0 N–H and O–H groups in total. The fraction of sp³-hybridized carbons (Fsp3) is 0.250. The van der Waals surface area contributed by atoms with Crippen molar-refractivity contribution in [1.82, 2.24) is 15.0 Å². The number of benzene rings is 2. The molecule has 0 spiro atoms. The summed E-state index contributed by atoms with van der Waals surface area (Å²) in [5.41, 5.74) is 2.56. The molecule has 0 aliphatic rings. The first-order chi connectivity index (χ1) is 13.4. The normalized spacial score (nSPS) is 12.2. The lowest BCUT2D eigenvalue weighted by molar-refractivity contribution is 0.766. The Hall–Kier alpha value is -2.16. The second-order valence-electron chi connectivity index (χ2n) is 7.52. The third-order valence-corrected chi connectivity index (χ3v) is 4.41. The predicted molar refractivity (Wildman–Crippen MR) is 123 cm³/mol. The maximum Gasteiger partial charge on any atom is 0.163 e. The summed E-state index contributed by atoms with van der Waals surface area (Å²) < 4.78 is 0. The molecule has 0 aliphatic heterocycles. The minimum Gasteiger partial charge on any atom is -0.213 e. The van der Waals surface area contributed by atoms with Gasteiger partial charge in [-0.3, -0.25) is 0 Å². The molecule has 1 aromatic heterocycles. The molecule has 1 heterocycles. The van der Waals surface area contributed by atoms with Crippen LogP contribution in [0.15, 0.2) is 48.5 Å². The average Bonchev–Trinajstić information content (AvgIpc) is 2.66. The van der Waals surface area contributed by atoms with Crippen LogP contribution in [0.25, 0.3) is 22.8 Å². The molecule has 9 heteroatoms. The lowest BCUT2D eigenvalue weighted by Crippen LogP contribution is -2.26. The standard InChI is InChI=1S/C20H15B6N3/c1-11(2)16-27-17(12-5-3-7-14(9-12)19(21,22)23)29-18(28-16)13-6-4-8-15(10-13)20(24,25)26/h3-11H,1-2H3. The van der Waals surface area contributed by atoms with E-state index in [0.29, 0.717) is 28.6 Å². The van der Waals surface area contributed by atoms with Crippen molar-refractivity contribution >= 4 is 47.1 Å². The zero-order chi connectivity index (χ0) is 21.4. The molecule has 3 aromatic rings. The number of aromatic nitrogens is 3. The summed E-state index contributed by atoms with van der Waals surface area (Å²) in [5.74, 6) is 1.68. The zero-order valence-electron chi connectivity index (χ0n) is 16.5. The van der Waals surface area contributed by atoms with E-state index in [9.17, 15) is 0 Å². The average molecular weight is 362 g/mol. The first kappa shape index (κ1) is 21.5. The van der Waals surface area contributed by atoms with Gasteiger partial charge in [-0.05, 0) is 12.1 Å². The van der Waals surface area contributed by atoms with Gasteiger partial charge in [0.15, 0.2) is 11.6 Å². The van der Waals surface area contributed by atoms with Crippen LogP contribution in [0.3, 0.4) is 0 Å². The van der Waals surface area contributed by atoms with Gasteiger partial charge in [0.1, 0.15) is 5.82 Å². The van der Waals surface area contributed by atoms with Crippen LogP contribution in [-0.4, -0.2) is 62.0 Å². The van der Waals surface area contributed by atoms with E-state index in [1.807, 2.05) is 26.0 Å². The van der Waals surface area contributed by atoms with Crippen molar-refractivity contribution in [2.75, 3.05) is 0 Å². The summed E-state index contributed by atoms with van der Waals surface area (Å²) in [6, 6.07) is 14.4. The topological polar surface area (TPSA) is 38.7 Å². The van der Waals surface area contributed by atoms with E-state index >= 15 is 0 Å². The summed E-state index contributed by atoms with van der Waals surface area (Å²) in [5, 5.41) is -2.93. The van der Waals surface area contributed by atoms with Gasteiger partial charge in [-0.15, -0.1) is 10.2 Å². The van der Waals surface area contributed by atoms with Gasteiger partial charge in [0, 0.05) is 17.0 Å². The van der Waals surface area contributed by atoms with Crippen LogP contribution in [0.1, 0.15) is 36.7 Å². The first-order valence-corrected chi connectivity index (χ1v) is 9.16. The molecule has 3 nitrogen and oxygen atoms in total. The van der Waals surface area contributed by atoms with E-state index in [2.05, 4.69) is 15.0 Å². The molecule has 29 heavy (non-hydrogen) atoms. The van der Waals surface area contributed by atoms with Crippen molar-refractivity contribution < 1.29 is 0 Å². The van der Waals surface area contributed by atoms with Crippen LogP contribution < -0.4 is 0 Å². The molecule has 2 aromatic carbocycles. The number of rotatable bonds is 5. The first-order valence-electron chi connectivity index (χ1n) is 9.16. The fourth-order valence-electron chi connectivity index (χ4n) is 2.76. The van der Waals surface area contributed by atoms with Crippen molar-refractivity contribution in [2.24, 2.45) is 0 Å². The van der Waals surface area contributed by atoms with Gasteiger partial charge in [-0.1, -0.05) is 61.4 Å². The summed E-state index contributed by atoms with van der Waals surface area (Å²) in [7, 11) is 35.0. The molecule has 0 saturated heterocycles. The van der Waals surface area contributed by atoms with Crippen LogP contribution in [0.4, 0.5) is 0 Å². The van der Waals surface area contributed by atoms with Crippen molar-refractivity contribution in [3.63, 3.8) is 0 Å². The van der Waals surface area contributed by atoms with Gasteiger partial charge in [0.2, 0.25) is 0 Å². The predicted octanol–water partition coefficient (Wildman–Crippen LogP) is 1.56. The van der Waals surface area contributed by atoms with Crippen LogP contribution in [-0.2, 0) is 10.2 Å². The van der Waals surface area contributed by atoms with Crippen LogP contribution in [0, 0.1) is 0 Å². The Morgan fingerprint density at radius 2 is 1.07 bits per heavy atom. The molecule has 0 aliphatic carbocycles. The Kier molecular flexibility index (Phi) is 5.89. The van der Waals surface area contributed by atoms with Crippen molar-refractivity contribution in [2.45, 2.75) is 30.0 Å². The van der Waals surface area contributed by atoms with Crippen LogP contribution >= 0.6 is 0 Å². The molecule has 3 rings (SSSR count). The van der Waals surface area contributed by atoms with Crippen LogP contribution in [0.2, 0.25) is 0 Å². The maximum atomic E-state index is 5.83. The molecule has 0 atom stereocenters.